The van der Waals surface area contributed by atoms with Crippen molar-refractivity contribution in [3.05, 3.63) is 41.3 Å². The molecule has 98 valence electrons. The van der Waals surface area contributed by atoms with E-state index in [1.165, 1.54) is 6.39 Å². The number of alkyl halides is 1. The summed E-state index contributed by atoms with van der Waals surface area (Å²) in [6.45, 7) is 0.486. The molecular weight excluding hydrogens is 287 g/mol. The summed E-state index contributed by atoms with van der Waals surface area (Å²) in [7, 11) is 0. The first kappa shape index (κ1) is 12.4. The fourth-order valence-corrected chi connectivity index (χ4v) is 2.40. The third-order valence-corrected chi connectivity index (χ3v) is 3.33. The molecule has 0 aliphatic heterocycles. The SMILES string of the molecule is ClCCc1nc2c(Cl)cccc2n1Cc1ncon1. The largest absolute Gasteiger partial charge is 0.343 e. The number of aromatic nitrogens is 4. The molecule has 0 N–H and O–H groups in total. The minimum atomic E-state index is 0.486. The van der Waals surface area contributed by atoms with Crippen LogP contribution in [-0.2, 0) is 13.0 Å². The van der Waals surface area contributed by atoms with Crippen molar-refractivity contribution >= 4 is 34.2 Å². The number of hydrogen-bond acceptors (Lipinski definition) is 4. The Morgan fingerprint density at radius 3 is 2.95 bits per heavy atom. The van der Waals surface area contributed by atoms with Gasteiger partial charge in [-0.2, -0.15) is 4.98 Å². The molecule has 19 heavy (non-hydrogen) atoms. The van der Waals surface area contributed by atoms with E-state index in [0.717, 1.165) is 16.9 Å². The van der Waals surface area contributed by atoms with E-state index < -0.39 is 0 Å². The topological polar surface area (TPSA) is 56.7 Å². The molecule has 0 spiro atoms. The number of benzene rings is 1. The fraction of sp³-hybridized carbons (Fsp3) is 0.250. The van der Waals surface area contributed by atoms with E-state index >= 15 is 0 Å². The lowest BCUT2D eigenvalue weighted by molar-refractivity contribution is 0.408. The first-order valence-corrected chi connectivity index (χ1v) is 6.65. The maximum absolute atomic E-state index is 6.17. The van der Waals surface area contributed by atoms with E-state index in [1.807, 2.05) is 22.8 Å². The van der Waals surface area contributed by atoms with E-state index in [2.05, 4.69) is 15.1 Å². The highest BCUT2D eigenvalue weighted by molar-refractivity contribution is 6.34. The molecule has 0 amide bonds. The van der Waals surface area contributed by atoms with Crippen molar-refractivity contribution in [3.63, 3.8) is 0 Å². The van der Waals surface area contributed by atoms with E-state index in [-0.39, 0.29) is 0 Å². The van der Waals surface area contributed by atoms with Crippen LogP contribution in [0.25, 0.3) is 11.0 Å². The molecule has 0 atom stereocenters. The average molecular weight is 297 g/mol. The van der Waals surface area contributed by atoms with Crippen molar-refractivity contribution in [2.75, 3.05) is 5.88 Å². The quantitative estimate of drug-likeness (QED) is 0.695. The van der Waals surface area contributed by atoms with Gasteiger partial charge in [-0.05, 0) is 12.1 Å². The van der Waals surface area contributed by atoms with Crippen molar-refractivity contribution in [3.8, 4) is 0 Å². The van der Waals surface area contributed by atoms with Gasteiger partial charge in [0.25, 0.3) is 0 Å². The Morgan fingerprint density at radius 2 is 2.21 bits per heavy atom. The Bertz CT molecular complexity index is 693. The minimum absolute atomic E-state index is 0.486. The summed E-state index contributed by atoms with van der Waals surface area (Å²) in [6.07, 6.45) is 1.97. The third-order valence-electron chi connectivity index (χ3n) is 2.83. The van der Waals surface area contributed by atoms with E-state index in [0.29, 0.717) is 29.7 Å². The monoisotopic (exact) mass is 296 g/mol. The van der Waals surface area contributed by atoms with Gasteiger partial charge in [-0.25, -0.2) is 4.98 Å². The van der Waals surface area contributed by atoms with Crippen molar-refractivity contribution in [2.45, 2.75) is 13.0 Å². The second kappa shape index (κ2) is 5.19. The van der Waals surface area contributed by atoms with Gasteiger partial charge < -0.3 is 9.09 Å². The predicted molar refractivity (Wildman–Crippen MR) is 72.6 cm³/mol. The van der Waals surface area contributed by atoms with Gasteiger partial charge in [0.15, 0.2) is 5.82 Å². The number of para-hydroxylation sites is 1. The van der Waals surface area contributed by atoms with Gasteiger partial charge in [0.1, 0.15) is 11.3 Å². The van der Waals surface area contributed by atoms with Crippen LogP contribution >= 0.6 is 23.2 Å². The normalized spacial score (nSPS) is 11.3. The lowest BCUT2D eigenvalue weighted by atomic mass is 10.3. The van der Waals surface area contributed by atoms with Crippen LogP contribution < -0.4 is 0 Å². The molecule has 0 radical (unpaired) electrons. The summed E-state index contributed by atoms with van der Waals surface area (Å²) in [6, 6.07) is 5.68. The highest BCUT2D eigenvalue weighted by Crippen LogP contribution is 2.24. The van der Waals surface area contributed by atoms with Crippen LogP contribution in [0.3, 0.4) is 0 Å². The molecule has 0 saturated heterocycles. The van der Waals surface area contributed by atoms with Crippen molar-refractivity contribution in [1.29, 1.82) is 0 Å². The van der Waals surface area contributed by atoms with E-state index in [4.69, 9.17) is 27.7 Å². The van der Waals surface area contributed by atoms with Gasteiger partial charge in [0, 0.05) is 12.3 Å². The zero-order chi connectivity index (χ0) is 13.2. The average Bonchev–Trinajstić information content (AvgIpc) is 3.01. The molecule has 0 unspecified atom stereocenters. The molecule has 7 heteroatoms. The zero-order valence-electron chi connectivity index (χ0n) is 9.88. The lowest BCUT2D eigenvalue weighted by Gasteiger charge is -2.05. The molecule has 3 rings (SSSR count). The molecule has 3 aromatic rings. The summed E-state index contributed by atoms with van der Waals surface area (Å²) in [4.78, 5) is 8.57. The number of aryl methyl sites for hydroxylation is 1. The van der Waals surface area contributed by atoms with Crippen LogP contribution in [0.1, 0.15) is 11.6 Å². The van der Waals surface area contributed by atoms with Gasteiger partial charge in [0.2, 0.25) is 6.39 Å². The molecule has 2 heterocycles. The van der Waals surface area contributed by atoms with Crippen LogP contribution in [0.2, 0.25) is 5.02 Å². The molecule has 0 aliphatic rings. The Balaban J connectivity index is 2.13. The number of nitrogens with zero attached hydrogens (tertiary/aromatic N) is 4. The van der Waals surface area contributed by atoms with Crippen LogP contribution in [0.15, 0.2) is 29.1 Å². The number of halogens is 2. The predicted octanol–water partition coefficient (Wildman–Crippen LogP) is 2.90. The fourth-order valence-electron chi connectivity index (χ4n) is 2.02. The van der Waals surface area contributed by atoms with Gasteiger partial charge in [-0.15, -0.1) is 11.6 Å². The zero-order valence-corrected chi connectivity index (χ0v) is 11.4. The van der Waals surface area contributed by atoms with Crippen LogP contribution in [-0.4, -0.2) is 25.6 Å². The molecule has 1 aromatic carbocycles. The second-order valence-electron chi connectivity index (χ2n) is 4.01. The number of fused-ring (bicyclic) bond motifs is 1. The molecule has 2 aromatic heterocycles. The van der Waals surface area contributed by atoms with Gasteiger partial charge in [-0.3, -0.25) is 0 Å². The number of rotatable bonds is 4. The Kier molecular flexibility index (Phi) is 3.40. The standard InChI is InChI=1S/C12H10Cl2N4O/c13-5-4-11-16-12-8(14)2-1-3-9(12)18(11)6-10-15-7-19-17-10/h1-3,7H,4-6H2. The first-order valence-electron chi connectivity index (χ1n) is 5.74. The smallest absolute Gasteiger partial charge is 0.213 e. The van der Waals surface area contributed by atoms with Crippen LogP contribution in [0.4, 0.5) is 0 Å². The minimum Gasteiger partial charge on any atom is -0.343 e. The molecule has 5 nitrogen and oxygen atoms in total. The van der Waals surface area contributed by atoms with Gasteiger partial charge in [-0.1, -0.05) is 22.8 Å². The van der Waals surface area contributed by atoms with Gasteiger partial charge >= 0.3 is 0 Å². The molecular formula is C12H10Cl2N4O. The van der Waals surface area contributed by atoms with Crippen LogP contribution in [0, 0.1) is 0 Å². The van der Waals surface area contributed by atoms with Crippen molar-refractivity contribution < 1.29 is 4.52 Å². The summed E-state index contributed by atoms with van der Waals surface area (Å²) in [5.41, 5.74) is 1.71. The van der Waals surface area contributed by atoms with E-state index in [1.54, 1.807) is 0 Å². The number of hydrogen-bond donors (Lipinski definition) is 0. The van der Waals surface area contributed by atoms with Crippen molar-refractivity contribution in [2.24, 2.45) is 0 Å². The molecule has 0 aliphatic carbocycles. The Hall–Kier alpha value is -1.59. The maximum Gasteiger partial charge on any atom is 0.213 e. The third kappa shape index (κ3) is 2.31. The summed E-state index contributed by atoms with van der Waals surface area (Å²) in [5.74, 6) is 1.95. The molecule has 0 fully saturated rings. The number of imidazole rings is 1. The first-order chi connectivity index (χ1) is 9.29. The Labute approximate surface area is 119 Å². The summed E-state index contributed by atoms with van der Waals surface area (Å²) in [5, 5.41) is 4.45. The summed E-state index contributed by atoms with van der Waals surface area (Å²) >= 11 is 12.0. The van der Waals surface area contributed by atoms with Crippen LogP contribution in [0.5, 0.6) is 0 Å². The highest BCUT2D eigenvalue weighted by Gasteiger charge is 2.14. The van der Waals surface area contributed by atoms with Crippen molar-refractivity contribution in [1.82, 2.24) is 19.7 Å². The maximum atomic E-state index is 6.17. The Morgan fingerprint density at radius 1 is 1.32 bits per heavy atom. The molecule has 0 saturated carbocycles. The lowest BCUT2D eigenvalue weighted by Crippen LogP contribution is -2.07. The highest BCUT2D eigenvalue weighted by atomic mass is 35.5. The second-order valence-corrected chi connectivity index (χ2v) is 4.79. The molecule has 0 bridgehead atoms. The van der Waals surface area contributed by atoms with Gasteiger partial charge in [0.05, 0.1) is 17.1 Å². The van der Waals surface area contributed by atoms with E-state index in [9.17, 15) is 0 Å². The summed E-state index contributed by atoms with van der Waals surface area (Å²) < 4.78 is 6.76.